The Labute approximate surface area is 314 Å². The van der Waals surface area contributed by atoms with E-state index < -0.39 is 0 Å². The van der Waals surface area contributed by atoms with E-state index in [4.69, 9.17) is 4.42 Å². The molecule has 54 heavy (non-hydrogen) atoms. The van der Waals surface area contributed by atoms with Crippen LogP contribution in [0.1, 0.15) is 0 Å². The predicted molar refractivity (Wildman–Crippen MR) is 228 cm³/mol. The van der Waals surface area contributed by atoms with Crippen molar-refractivity contribution in [3.63, 3.8) is 0 Å². The number of hydrogen-bond donors (Lipinski definition) is 0. The fraction of sp³-hybridized carbons (Fsp3) is 0. The molecule has 254 valence electrons. The zero-order valence-electron chi connectivity index (χ0n) is 29.6. The Morgan fingerprint density at radius 1 is 0.333 bits per heavy atom. The molecule has 0 aliphatic rings. The average molecular weight is 690 g/mol. The van der Waals surface area contributed by atoms with E-state index in [0.29, 0.717) is 0 Å². The summed E-state index contributed by atoms with van der Waals surface area (Å²) in [5.41, 5.74) is 14.4. The van der Waals surface area contributed by atoms with Gasteiger partial charge in [0.15, 0.2) is 0 Å². The molecule has 0 atom stereocenters. The third-order valence-electron chi connectivity index (χ3n) is 10.5. The summed E-state index contributed by atoms with van der Waals surface area (Å²) in [6.45, 7) is 0. The Morgan fingerprint density at radius 2 is 0.889 bits per heavy atom. The van der Waals surface area contributed by atoms with Crippen molar-refractivity contribution >= 4 is 49.8 Å². The van der Waals surface area contributed by atoms with Gasteiger partial charge in [-0.15, -0.1) is 0 Å². The van der Waals surface area contributed by atoms with Crippen LogP contribution in [0.15, 0.2) is 217 Å². The highest BCUT2D eigenvalue weighted by molar-refractivity contribution is 6.19. The van der Waals surface area contributed by atoms with Gasteiger partial charge in [0, 0.05) is 22.0 Å². The van der Waals surface area contributed by atoms with Gasteiger partial charge in [-0.2, -0.15) is 0 Å². The predicted octanol–water partition coefficient (Wildman–Crippen LogP) is 14.9. The third-order valence-corrected chi connectivity index (χ3v) is 10.5. The summed E-state index contributed by atoms with van der Waals surface area (Å²) in [5, 5.41) is 4.46. The molecule has 0 aliphatic heterocycles. The lowest BCUT2D eigenvalue weighted by atomic mass is 9.95. The Kier molecular flexibility index (Phi) is 7.85. The second kappa shape index (κ2) is 13.4. The first kappa shape index (κ1) is 31.6. The van der Waals surface area contributed by atoms with E-state index in [1.54, 1.807) is 0 Å². The van der Waals surface area contributed by atoms with E-state index in [-0.39, 0.29) is 0 Å². The lowest BCUT2D eigenvalue weighted by molar-refractivity contribution is 0.672. The van der Waals surface area contributed by atoms with Crippen molar-refractivity contribution in [2.24, 2.45) is 0 Å². The van der Waals surface area contributed by atoms with Gasteiger partial charge in [0.2, 0.25) is 0 Å². The Bertz CT molecular complexity index is 2910. The standard InChI is InChI=1S/C52H35NO/c1-4-14-36(15-5-1)41-21-12-22-42(34-41)38-26-30-44(31-27-38)53(48-33-29-43(37-16-6-2-7-17-37)35-47(48)39-18-8-3-9-19-39)49-24-13-25-50-51(49)46-32-28-40-20-10-11-23-45(40)52(46)54-50/h1-35H. The highest BCUT2D eigenvalue weighted by atomic mass is 16.3. The van der Waals surface area contributed by atoms with Gasteiger partial charge >= 0.3 is 0 Å². The van der Waals surface area contributed by atoms with Crippen LogP contribution in [0.25, 0.3) is 77.2 Å². The number of benzene rings is 9. The van der Waals surface area contributed by atoms with E-state index in [0.717, 1.165) is 66.5 Å². The lowest BCUT2D eigenvalue weighted by Crippen LogP contribution is -2.11. The second-order valence-electron chi connectivity index (χ2n) is 13.7. The summed E-state index contributed by atoms with van der Waals surface area (Å²) >= 11 is 0. The van der Waals surface area contributed by atoms with Crippen molar-refractivity contribution < 1.29 is 4.42 Å². The quantitative estimate of drug-likeness (QED) is 0.166. The fourth-order valence-corrected chi connectivity index (χ4v) is 7.83. The highest BCUT2D eigenvalue weighted by Crippen LogP contribution is 2.47. The maximum Gasteiger partial charge on any atom is 0.143 e. The van der Waals surface area contributed by atoms with Crippen molar-refractivity contribution in [2.75, 3.05) is 4.90 Å². The minimum Gasteiger partial charge on any atom is -0.455 e. The van der Waals surface area contributed by atoms with Crippen LogP contribution in [-0.4, -0.2) is 0 Å². The smallest absolute Gasteiger partial charge is 0.143 e. The molecule has 0 unspecified atom stereocenters. The maximum atomic E-state index is 6.72. The largest absolute Gasteiger partial charge is 0.455 e. The summed E-state index contributed by atoms with van der Waals surface area (Å²) in [5.74, 6) is 0. The van der Waals surface area contributed by atoms with Crippen LogP contribution in [0.4, 0.5) is 17.1 Å². The van der Waals surface area contributed by atoms with Crippen LogP contribution >= 0.6 is 0 Å². The number of hydrogen-bond acceptors (Lipinski definition) is 2. The van der Waals surface area contributed by atoms with Crippen molar-refractivity contribution in [1.82, 2.24) is 0 Å². The maximum absolute atomic E-state index is 6.72. The van der Waals surface area contributed by atoms with Crippen LogP contribution < -0.4 is 4.90 Å². The molecule has 0 saturated carbocycles. The van der Waals surface area contributed by atoms with Gasteiger partial charge in [-0.1, -0.05) is 164 Å². The molecule has 1 aromatic heterocycles. The van der Waals surface area contributed by atoms with Gasteiger partial charge in [0.25, 0.3) is 0 Å². The molecule has 9 aromatic carbocycles. The minimum atomic E-state index is 0.861. The summed E-state index contributed by atoms with van der Waals surface area (Å²) in [4.78, 5) is 2.41. The molecule has 10 aromatic rings. The number of nitrogens with zero attached hydrogens (tertiary/aromatic N) is 1. The molecule has 2 nitrogen and oxygen atoms in total. The van der Waals surface area contributed by atoms with Crippen molar-refractivity contribution in [2.45, 2.75) is 0 Å². The molecule has 2 heteroatoms. The van der Waals surface area contributed by atoms with Crippen LogP contribution in [0.5, 0.6) is 0 Å². The van der Waals surface area contributed by atoms with Crippen molar-refractivity contribution in [1.29, 1.82) is 0 Å². The SMILES string of the molecule is c1ccc(-c2cccc(-c3ccc(N(c4ccc(-c5ccccc5)cc4-c4ccccc4)c4cccc5oc6c7ccccc7ccc6c45)cc3)c2)cc1. The number of fused-ring (bicyclic) bond motifs is 5. The van der Waals surface area contributed by atoms with Gasteiger partial charge in [-0.05, 0) is 92.9 Å². The lowest BCUT2D eigenvalue weighted by Gasteiger charge is -2.29. The minimum absolute atomic E-state index is 0.861. The summed E-state index contributed by atoms with van der Waals surface area (Å²) in [6.07, 6.45) is 0. The Balaban J connectivity index is 1.20. The number of furan rings is 1. The van der Waals surface area contributed by atoms with Gasteiger partial charge < -0.3 is 9.32 Å². The Hall–Kier alpha value is -7.16. The zero-order valence-corrected chi connectivity index (χ0v) is 29.6. The third kappa shape index (κ3) is 5.62. The molecular formula is C52H35NO. The molecule has 0 saturated heterocycles. The first-order valence-electron chi connectivity index (χ1n) is 18.4. The molecule has 0 aliphatic carbocycles. The number of rotatable bonds is 7. The molecule has 0 spiro atoms. The van der Waals surface area contributed by atoms with E-state index in [9.17, 15) is 0 Å². The van der Waals surface area contributed by atoms with Crippen LogP contribution in [0.2, 0.25) is 0 Å². The Morgan fingerprint density at radius 3 is 1.59 bits per heavy atom. The summed E-state index contributed by atoms with van der Waals surface area (Å²) in [7, 11) is 0. The summed E-state index contributed by atoms with van der Waals surface area (Å²) < 4.78 is 6.72. The van der Waals surface area contributed by atoms with Crippen LogP contribution in [-0.2, 0) is 0 Å². The topological polar surface area (TPSA) is 16.4 Å². The first-order valence-corrected chi connectivity index (χ1v) is 18.4. The van der Waals surface area contributed by atoms with Crippen LogP contribution in [0.3, 0.4) is 0 Å². The first-order chi connectivity index (χ1) is 26.8. The molecule has 1 heterocycles. The molecule has 0 bridgehead atoms. The van der Waals surface area contributed by atoms with Gasteiger partial charge in [-0.25, -0.2) is 0 Å². The van der Waals surface area contributed by atoms with E-state index in [1.165, 1.54) is 27.8 Å². The molecule has 0 radical (unpaired) electrons. The normalized spacial score (nSPS) is 11.3. The second-order valence-corrected chi connectivity index (χ2v) is 13.7. The molecular weight excluding hydrogens is 655 g/mol. The number of anilines is 3. The van der Waals surface area contributed by atoms with E-state index >= 15 is 0 Å². The van der Waals surface area contributed by atoms with Gasteiger partial charge in [-0.3, -0.25) is 0 Å². The van der Waals surface area contributed by atoms with E-state index in [1.807, 2.05) is 0 Å². The zero-order chi connectivity index (χ0) is 35.8. The monoisotopic (exact) mass is 689 g/mol. The fourth-order valence-electron chi connectivity index (χ4n) is 7.83. The van der Waals surface area contributed by atoms with Crippen LogP contribution in [0, 0.1) is 0 Å². The highest BCUT2D eigenvalue weighted by Gasteiger charge is 2.23. The van der Waals surface area contributed by atoms with Crippen molar-refractivity contribution in [3.05, 3.63) is 212 Å². The summed E-state index contributed by atoms with van der Waals surface area (Å²) in [6, 6.07) is 75.8. The molecule has 0 amide bonds. The average Bonchev–Trinajstić information content (AvgIpc) is 3.65. The van der Waals surface area contributed by atoms with Crippen molar-refractivity contribution in [3.8, 4) is 44.5 Å². The van der Waals surface area contributed by atoms with Gasteiger partial charge in [0.1, 0.15) is 11.2 Å². The molecule has 10 rings (SSSR count). The molecule has 0 N–H and O–H groups in total. The molecule has 0 fully saturated rings. The van der Waals surface area contributed by atoms with Gasteiger partial charge in [0.05, 0.1) is 16.8 Å². The van der Waals surface area contributed by atoms with E-state index in [2.05, 4.69) is 217 Å².